The summed E-state index contributed by atoms with van der Waals surface area (Å²) in [4.78, 5) is 0. The highest BCUT2D eigenvalue weighted by Crippen LogP contribution is 2.43. The Balaban J connectivity index is 1.12. The lowest BCUT2D eigenvalue weighted by atomic mass is 9.94. The van der Waals surface area contributed by atoms with Crippen LogP contribution in [0, 0.1) is 0 Å². The Morgan fingerprint density at radius 3 is 1.19 bits per heavy atom. The third-order valence-corrected chi connectivity index (χ3v) is 11.8. The largest absolute Gasteiger partial charge is 0.309 e. The van der Waals surface area contributed by atoms with E-state index in [0.717, 1.165) is 17.1 Å². The van der Waals surface area contributed by atoms with E-state index in [2.05, 4.69) is 226 Å². The molecule has 57 heavy (non-hydrogen) atoms. The van der Waals surface area contributed by atoms with Crippen molar-refractivity contribution >= 4 is 65.4 Å². The summed E-state index contributed by atoms with van der Waals surface area (Å²) in [5.74, 6) is 0. The van der Waals surface area contributed by atoms with E-state index >= 15 is 0 Å². The molecule has 266 valence electrons. The number of rotatable bonds is 5. The molecule has 0 saturated heterocycles. The highest BCUT2D eigenvalue weighted by molar-refractivity contribution is 6.17. The topological polar surface area (TPSA) is 14.8 Å². The van der Waals surface area contributed by atoms with Gasteiger partial charge in [-0.05, 0) is 95.6 Å². The van der Waals surface area contributed by atoms with Crippen molar-refractivity contribution in [3.63, 3.8) is 0 Å². The maximum atomic E-state index is 2.45. The van der Waals surface area contributed by atoms with Crippen molar-refractivity contribution in [3.8, 4) is 39.3 Å². The van der Waals surface area contributed by atoms with Gasteiger partial charge < -0.3 is 13.7 Å². The maximum Gasteiger partial charge on any atom is 0.0619 e. The molecule has 0 aliphatic rings. The van der Waals surface area contributed by atoms with Gasteiger partial charge in [0.05, 0.1) is 33.1 Å². The molecule has 0 unspecified atom stereocenters. The second kappa shape index (κ2) is 12.5. The van der Waals surface area contributed by atoms with E-state index in [4.69, 9.17) is 0 Å². The Labute approximate surface area is 329 Å². The lowest BCUT2D eigenvalue weighted by molar-refractivity contribution is 1.18. The molecule has 3 nitrogen and oxygen atoms in total. The van der Waals surface area contributed by atoms with Gasteiger partial charge >= 0.3 is 0 Å². The van der Waals surface area contributed by atoms with Gasteiger partial charge in [0.2, 0.25) is 0 Å². The maximum absolute atomic E-state index is 2.45. The summed E-state index contributed by atoms with van der Waals surface area (Å²) in [6.07, 6.45) is 0. The standard InChI is InChI=1S/C54H35N3/c1-3-15-39(16-4-1)56-51-25-13-9-21-44(51)46-32-29-37(35-53(46)56)47-33-38(34-48-45-22-10-14-26-52(45)57(54(47)48)40-17-5-2-6-18-40)36-27-30-41(31-28-36)55-49-23-11-7-19-42(49)43-20-8-12-24-50(43)55/h1-35H. The average Bonchev–Trinajstić information content (AvgIpc) is 3.92. The molecule has 0 amide bonds. The van der Waals surface area contributed by atoms with E-state index in [1.54, 1.807) is 0 Å². The lowest BCUT2D eigenvalue weighted by Gasteiger charge is -2.15. The highest BCUT2D eigenvalue weighted by atomic mass is 15.0. The van der Waals surface area contributed by atoms with E-state index in [0.29, 0.717) is 0 Å². The second-order valence-corrected chi connectivity index (χ2v) is 14.9. The van der Waals surface area contributed by atoms with Gasteiger partial charge in [0.1, 0.15) is 0 Å². The minimum atomic E-state index is 1.15. The van der Waals surface area contributed by atoms with Crippen molar-refractivity contribution in [2.24, 2.45) is 0 Å². The zero-order valence-corrected chi connectivity index (χ0v) is 31.0. The van der Waals surface area contributed by atoms with Crippen LogP contribution in [0.5, 0.6) is 0 Å². The van der Waals surface area contributed by atoms with Crippen molar-refractivity contribution in [1.82, 2.24) is 13.7 Å². The normalized spacial score (nSPS) is 11.9. The number of aromatic nitrogens is 3. The van der Waals surface area contributed by atoms with Gasteiger partial charge in [-0.2, -0.15) is 0 Å². The summed E-state index contributed by atoms with van der Waals surface area (Å²) in [6.45, 7) is 0. The summed E-state index contributed by atoms with van der Waals surface area (Å²) in [6, 6.07) is 77.5. The van der Waals surface area contributed by atoms with Crippen molar-refractivity contribution < 1.29 is 0 Å². The molecule has 12 rings (SSSR count). The minimum absolute atomic E-state index is 1.15. The fraction of sp³-hybridized carbons (Fsp3) is 0. The first-order valence-corrected chi connectivity index (χ1v) is 19.6. The van der Waals surface area contributed by atoms with Gasteiger partial charge in [0.25, 0.3) is 0 Å². The van der Waals surface area contributed by atoms with Crippen molar-refractivity contribution in [2.75, 3.05) is 0 Å². The summed E-state index contributed by atoms with van der Waals surface area (Å²) in [7, 11) is 0. The highest BCUT2D eigenvalue weighted by Gasteiger charge is 2.21. The Morgan fingerprint density at radius 1 is 0.228 bits per heavy atom. The van der Waals surface area contributed by atoms with Crippen LogP contribution in [0.15, 0.2) is 212 Å². The molecule has 9 aromatic carbocycles. The van der Waals surface area contributed by atoms with Gasteiger partial charge in [-0.15, -0.1) is 0 Å². The Kier molecular flexibility index (Phi) is 6.93. The van der Waals surface area contributed by atoms with Gasteiger partial charge in [0.15, 0.2) is 0 Å². The number of hydrogen-bond donors (Lipinski definition) is 0. The number of nitrogens with zero attached hydrogens (tertiary/aromatic N) is 3. The first-order valence-electron chi connectivity index (χ1n) is 19.6. The molecule has 0 N–H and O–H groups in total. The van der Waals surface area contributed by atoms with Crippen molar-refractivity contribution in [1.29, 1.82) is 0 Å². The third-order valence-electron chi connectivity index (χ3n) is 11.8. The number of benzene rings is 9. The molecule has 3 aromatic heterocycles. The van der Waals surface area contributed by atoms with E-state index in [-0.39, 0.29) is 0 Å². The molecule has 0 bridgehead atoms. The smallest absolute Gasteiger partial charge is 0.0619 e. The Morgan fingerprint density at radius 2 is 0.632 bits per heavy atom. The molecule has 0 fully saturated rings. The average molecular weight is 726 g/mol. The van der Waals surface area contributed by atoms with Crippen molar-refractivity contribution in [3.05, 3.63) is 212 Å². The zero-order chi connectivity index (χ0) is 37.5. The molecule has 0 aliphatic heterocycles. The van der Waals surface area contributed by atoms with Gasteiger partial charge in [-0.1, -0.05) is 133 Å². The predicted molar refractivity (Wildman–Crippen MR) is 240 cm³/mol. The fourth-order valence-electron chi connectivity index (χ4n) is 9.33. The molecule has 0 radical (unpaired) electrons. The zero-order valence-electron chi connectivity index (χ0n) is 31.0. The van der Waals surface area contributed by atoms with Crippen LogP contribution < -0.4 is 0 Å². The molecule has 0 atom stereocenters. The molecule has 3 heteroatoms. The molecule has 0 aliphatic carbocycles. The monoisotopic (exact) mass is 725 g/mol. The van der Waals surface area contributed by atoms with Crippen LogP contribution in [-0.2, 0) is 0 Å². The van der Waals surface area contributed by atoms with E-state index in [9.17, 15) is 0 Å². The van der Waals surface area contributed by atoms with E-state index < -0.39 is 0 Å². The lowest BCUT2D eigenvalue weighted by Crippen LogP contribution is -1.97. The van der Waals surface area contributed by atoms with Crippen LogP contribution in [0.25, 0.3) is 105 Å². The van der Waals surface area contributed by atoms with Crippen molar-refractivity contribution in [2.45, 2.75) is 0 Å². The summed E-state index contributed by atoms with van der Waals surface area (Å²) in [5.41, 5.74) is 15.4. The molecule has 0 saturated carbocycles. The first-order chi connectivity index (χ1) is 28.3. The van der Waals surface area contributed by atoms with Crippen LogP contribution in [0.4, 0.5) is 0 Å². The second-order valence-electron chi connectivity index (χ2n) is 14.9. The number of fused-ring (bicyclic) bond motifs is 9. The molecule has 0 spiro atoms. The predicted octanol–water partition coefficient (Wildman–Crippen LogP) is 14.3. The fourth-order valence-corrected chi connectivity index (χ4v) is 9.33. The minimum Gasteiger partial charge on any atom is -0.309 e. The number of para-hydroxylation sites is 6. The summed E-state index contributed by atoms with van der Waals surface area (Å²) >= 11 is 0. The van der Waals surface area contributed by atoms with Gasteiger partial charge in [-0.3, -0.25) is 0 Å². The van der Waals surface area contributed by atoms with Crippen LogP contribution in [-0.4, -0.2) is 13.7 Å². The van der Waals surface area contributed by atoms with E-state index in [1.807, 2.05) is 0 Å². The molecule has 12 aromatic rings. The molecule has 3 heterocycles. The molecular formula is C54H35N3. The van der Waals surface area contributed by atoms with E-state index in [1.165, 1.54) is 87.7 Å². The van der Waals surface area contributed by atoms with Crippen LogP contribution in [0.2, 0.25) is 0 Å². The van der Waals surface area contributed by atoms with Gasteiger partial charge in [0, 0.05) is 54.9 Å². The summed E-state index contributed by atoms with van der Waals surface area (Å²) < 4.78 is 7.25. The van der Waals surface area contributed by atoms with Crippen LogP contribution in [0.1, 0.15) is 0 Å². The van der Waals surface area contributed by atoms with Crippen LogP contribution in [0.3, 0.4) is 0 Å². The SMILES string of the molecule is c1ccc(-n2c3ccccc3c3ccc(-c4cc(-c5ccc(-n6c7ccccc7c7ccccc76)cc5)cc5c6ccccc6n(-c6ccccc6)c45)cc32)cc1. The Bertz CT molecular complexity index is 3440. The molecular weight excluding hydrogens is 691 g/mol. The third kappa shape index (κ3) is 4.79. The summed E-state index contributed by atoms with van der Waals surface area (Å²) in [5, 5.41) is 7.51. The number of hydrogen-bond acceptors (Lipinski definition) is 0. The quantitative estimate of drug-likeness (QED) is 0.168. The van der Waals surface area contributed by atoms with Crippen LogP contribution >= 0.6 is 0 Å². The van der Waals surface area contributed by atoms with Gasteiger partial charge in [-0.25, -0.2) is 0 Å². The first kappa shape index (κ1) is 31.7. The Hall–Kier alpha value is -7.62.